The summed E-state index contributed by atoms with van der Waals surface area (Å²) >= 11 is 0. The van der Waals surface area contributed by atoms with Crippen LogP contribution >= 0.6 is 7.26 Å². The van der Waals surface area contributed by atoms with E-state index in [-0.39, 0.29) is 11.3 Å². The van der Waals surface area contributed by atoms with Crippen LogP contribution in [0.4, 0.5) is 13.2 Å². The van der Waals surface area contributed by atoms with E-state index in [4.69, 9.17) is 0 Å². The van der Waals surface area contributed by atoms with Crippen LogP contribution in [0.3, 0.4) is 0 Å². The standard InChI is InChI=1S/C27H23F3N3P/c1-20-26(27(28,29)30)31-25-18-17-21(32-33(20)25)19-34(22-11-5-2-6-12-22,23-13-7-3-8-14-23)24-15-9-4-10-16-24/h2-18,34H,19H2,1H3. The number of hydrogen-bond donors (Lipinski definition) is 0. The number of imidazole rings is 1. The Morgan fingerprint density at radius 1 is 0.706 bits per heavy atom. The zero-order valence-electron chi connectivity index (χ0n) is 18.5. The Morgan fingerprint density at radius 2 is 1.18 bits per heavy atom. The Balaban J connectivity index is 1.74. The first-order chi connectivity index (χ1) is 16.4. The Morgan fingerprint density at radius 3 is 1.62 bits per heavy atom. The van der Waals surface area contributed by atoms with Gasteiger partial charge in [0.15, 0.2) is 0 Å². The van der Waals surface area contributed by atoms with Crippen LogP contribution in [0.5, 0.6) is 0 Å². The molecule has 0 N–H and O–H groups in total. The summed E-state index contributed by atoms with van der Waals surface area (Å²) in [6.45, 7) is 1.41. The van der Waals surface area contributed by atoms with Gasteiger partial charge in [0.25, 0.3) is 0 Å². The number of halogens is 3. The molecule has 2 heterocycles. The van der Waals surface area contributed by atoms with Crippen molar-refractivity contribution in [1.29, 1.82) is 0 Å². The van der Waals surface area contributed by atoms with Crippen LogP contribution in [0.2, 0.25) is 0 Å². The van der Waals surface area contributed by atoms with Gasteiger partial charge in [-0.05, 0) is 0 Å². The fourth-order valence-corrected chi connectivity index (χ4v) is 9.32. The van der Waals surface area contributed by atoms with Gasteiger partial charge in [0.1, 0.15) is 0 Å². The molecule has 0 unspecified atom stereocenters. The minimum absolute atomic E-state index is 0.00394. The van der Waals surface area contributed by atoms with Crippen molar-refractivity contribution in [1.82, 2.24) is 14.6 Å². The molecule has 34 heavy (non-hydrogen) atoms. The van der Waals surface area contributed by atoms with Crippen molar-refractivity contribution < 1.29 is 13.2 Å². The van der Waals surface area contributed by atoms with E-state index in [0.29, 0.717) is 6.16 Å². The van der Waals surface area contributed by atoms with Gasteiger partial charge in [-0.2, -0.15) is 0 Å². The fraction of sp³-hybridized carbons (Fsp3) is 0.111. The van der Waals surface area contributed by atoms with Crippen molar-refractivity contribution in [3.63, 3.8) is 0 Å². The van der Waals surface area contributed by atoms with E-state index in [1.54, 1.807) is 12.1 Å². The summed E-state index contributed by atoms with van der Waals surface area (Å²) in [7, 11) is -2.62. The number of benzene rings is 3. The van der Waals surface area contributed by atoms with Crippen molar-refractivity contribution in [2.24, 2.45) is 0 Å². The second-order valence-electron chi connectivity index (χ2n) is 8.32. The molecular formula is C27H23F3N3P. The SMILES string of the molecule is Cc1c(C(F)(F)F)nc2ccc(C[PH](c3ccccc3)(c3ccccc3)c3ccccc3)nn12. The fourth-order valence-electron chi connectivity index (χ4n) is 4.69. The molecule has 0 aliphatic heterocycles. The summed E-state index contributed by atoms with van der Waals surface area (Å²) < 4.78 is 41.6. The predicted octanol–water partition coefficient (Wildman–Crippen LogP) is 5.28. The van der Waals surface area contributed by atoms with E-state index in [9.17, 15) is 13.2 Å². The molecule has 172 valence electrons. The van der Waals surface area contributed by atoms with Gasteiger partial charge in [0.05, 0.1) is 0 Å². The van der Waals surface area contributed by atoms with Crippen molar-refractivity contribution in [2.45, 2.75) is 19.3 Å². The molecule has 0 aliphatic rings. The normalized spacial score (nSPS) is 12.7. The molecule has 2 aromatic heterocycles. The predicted molar refractivity (Wildman–Crippen MR) is 133 cm³/mol. The molecule has 0 saturated heterocycles. The van der Waals surface area contributed by atoms with Gasteiger partial charge >= 0.3 is 196 Å². The quantitative estimate of drug-likeness (QED) is 0.323. The van der Waals surface area contributed by atoms with E-state index >= 15 is 0 Å². The molecule has 5 aromatic rings. The van der Waals surface area contributed by atoms with Crippen LogP contribution in [0.25, 0.3) is 5.65 Å². The van der Waals surface area contributed by atoms with Gasteiger partial charge in [0.2, 0.25) is 0 Å². The Hall–Kier alpha value is -3.50. The summed E-state index contributed by atoms with van der Waals surface area (Å²) in [5.41, 5.74) is 0.0236. The molecule has 3 aromatic carbocycles. The second kappa shape index (κ2) is 8.69. The van der Waals surface area contributed by atoms with Crippen LogP contribution < -0.4 is 15.9 Å². The third-order valence-corrected chi connectivity index (χ3v) is 11.1. The monoisotopic (exact) mass is 477 g/mol. The molecule has 0 bridgehead atoms. The van der Waals surface area contributed by atoms with Gasteiger partial charge in [-0.15, -0.1) is 0 Å². The molecule has 0 aliphatic carbocycles. The van der Waals surface area contributed by atoms with E-state index in [1.165, 1.54) is 27.4 Å². The van der Waals surface area contributed by atoms with Crippen LogP contribution in [0.15, 0.2) is 103 Å². The Bertz CT molecular complexity index is 1320. The van der Waals surface area contributed by atoms with Crippen LogP contribution in [0.1, 0.15) is 17.1 Å². The van der Waals surface area contributed by atoms with Crippen molar-refractivity contribution in [3.8, 4) is 0 Å². The van der Waals surface area contributed by atoms with Crippen LogP contribution in [-0.4, -0.2) is 14.6 Å². The summed E-state index contributed by atoms with van der Waals surface area (Å²) in [6, 6.07) is 34.5. The van der Waals surface area contributed by atoms with Gasteiger partial charge in [-0.3, -0.25) is 0 Å². The van der Waals surface area contributed by atoms with Crippen LogP contribution in [-0.2, 0) is 12.3 Å². The van der Waals surface area contributed by atoms with Crippen LogP contribution in [0, 0.1) is 6.92 Å². The van der Waals surface area contributed by atoms with E-state index in [2.05, 4.69) is 46.5 Å². The summed E-state index contributed by atoms with van der Waals surface area (Å²) in [6.07, 6.45) is -3.92. The van der Waals surface area contributed by atoms with Gasteiger partial charge in [0, 0.05) is 0 Å². The maximum atomic E-state index is 13.4. The van der Waals surface area contributed by atoms with E-state index in [1.807, 2.05) is 54.6 Å². The Kier molecular flexibility index (Phi) is 5.70. The molecule has 5 rings (SSSR count). The summed E-state index contributed by atoms with van der Waals surface area (Å²) in [4.78, 5) is 3.78. The van der Waals surface area contributed by atoms with Gasteiger partial charge in [-0.25, -0.2) is 0 Å². The molecule has 0 spiro atoms. The average molecular weight is 477 g/mol. The van der Waals surface area contributed by atoms with E-state index in [0.717, 1.165) is 5.69 Å². The van der Waals surface area contributed by atoms with Crippen molar-refractivity contribution >= 4 is 28.8 Å². The zero-order chi connectivity index (χ0) is 23.8. The number of aromatic nitrogens is 3. The minimum atomic E-state index is -4.52. The molecule has 3 nitrogen and oxygen atoms in total. The molecule has 0 radical (unpaired) electrons. The second-order valence-corrected chi connectivity index (χ2v) is 12.2. The molecule has 0 saturated carbocycles. The number of aryl methyl sites for hydroxylation is 1. The van der Waals surface area contributed by atoms with Crippen molar-refractivity contribution in [2.75, 3.05) is 0 Å². The van der Waals surface area contributed by atoms with Crippen molar-refractivity contribution in [3.05, 3.63) is 120 Å². The Labute approximate surface area is 196 Å². The first-order valence-corrected chi connectivity index (χ1v) is 13.2. The average Bonchev–Trinajstić information content (AvgIpc) is 3.20. The number of alkyl halides is 3. The molecule has 0 atom stereocenters. The number of rotatable bonds is 5. The number of hydrogen-bond acceptors (Lipinski definition) is 2. The molecule has 0 amide bonds. The third-order valence-electron chi connectivity index (χ3n) is 6.27. The first kappa shape index (κ1) is 22.3. The summed E-state index contributed by atoms with van der Waals surface area (Å²) in [5.74, 6) is 0. The third kappa shape index (κ3) is 3.88. The number of fused-ring (bicyclic) bond motifs is 1. The zero-order valence-corrected chi connectivity index (χ0v) is 19.5. The maximum absolute atomic E-state index is 13.4. The molecule has 0 fully saturated rings. The topological polar surface area (TPSA) is 30.2 Å². The van der Waals surface area contributed by atoms with Gasteiger partial charge in [-0.1, -0.05) is 0 Å². The summed E-state index contributed by atoms with van der Waals surface area (Å²) in [5, 5.41) is 8.31. The van der Waals surface area contributed by atoms with Gasteiger partial charge < -0.3 is 0 Å². The first-order valence-electron chi connectivity index (χ1n) is 11.0. The van der Waals surface area contributed by atoms with E-state index < -0.39 is 19.1 Å². The molecular weight excluding hydrogens is 454 g/mol. The molecule has 7 heteroatoms. The number of nitrogens with zero attached hydrogens (tertiary/aromatic N) is 3.